The molecule has 2 aliphatic rings. The van der Waals surface area contributed by atoms with Crippen molar-refractivity contribution in [2.24, 2.45) is 0 Å². The van der Waals surface area contributed by atoms with Crippen molar-refractivity contribution in [1.82, 2.24) is 0 Å². The van der Waals surface area contributed by atoms with E-state index in [-0.39, 0.29) is 21.7 Å². The lowest BCUT2D eigenvalue weighted by atomic mass is 9.78. The molecule has 0 amide bonds. The number of rotatable bonds is 4. The number of hydrogen-bond donors (Lipinski definition) is 0. The summed E-state index contributed by atoms with van der Waals surface area (Å²) in [6.07, 6.45) is 0. The molecule has 0 aromatic heterocycles. The molecule has 0 spiro atoms. The molecule has 56 heavy (non-hydrogen) atoms. The van der Waals surface area contributed by atoms with Gasteiger partial charge in [-0.15, -0.1) is 0 Å². The zero-order chi connectivity index (χ0) is 39.5. The minimum absolute atomic E-state index is 0.0892. The highest BCUT2D eigenvalue weighted by Crippen LogP contribution is 2.59. The molecular formula is C55H55N. The summed E-state index contributed by atoms with van der Waals surface area (Å²) in [7, 11) is 0. The van der Waals surface area contributed by atoms with E-state index in [4.69, 9.17) is 0 Å². The fraction of sp³-hybridized carbons (Fsp3) is 0.273. The monoisotopic (exact) mass is 729 g/mol. The number of hydrogen-bond acceptors (Lipinski definition) is 1. The molecule has 0 aliphatic heterocycles. The minimum Gasteiger partial charge on any atom is -0.310 e. The molecule has 0 heterocycles. The summed E-state index contributed by atoms with van der Waals surface area (Å²) >= 11 is 0. The third kappa shape index (κ3) is 5.49. The fourth-order valence-electron chi connectivity index (χ4n) is 9.70. The Morgan fingerprint density at radius 1 is 0.393 bits per heavy atom. The van der Waals surface area contributed by atoms with Gasteiger partial charge in [-0.3, -0.25) is 0 Å². The highest BCUT2D eigenvalue weighted by Gasteiger charge is 2.43. The summed E-state index contributed by atoms with van der Waals surface area (Å²) in [6.45, 7) is 25.6. The lowest BCUT2D eigenvalue weighted by Crippen LogP contribution is -2.18. The van der Waals surface area contributed by atoms with Crippen LogP contribution in [0.25, 0.3) is 44.2 Å². The number of fused-ring (bicyclic) bond motifs is 8. The average Bonchev–Trinajstić information content (AvgIpc) is 3.52. The van der Waals surface area contributed by atoms with Crippen LogP contribution in [0, 0.1) is 6.92 Å². The van der Waals surface area contributed by atoms with E-state index in [0.29, 0.717) is 0 Å². The third-order valence-corrected chi connectivity index (χ3v) is 13.1. The predicted molar refractivity (Wildman–Crippen MR) is 241 cm³/mol. The third-order valence-electron chi connectivity index (χ3n) is 13.1. The van der Waals surface area contributed by atoms with Gasteiger partial charge in [0.05, 0.1) is 0 Å². The van der Waals surface area contributed by atoms with Crippen molar-refractivity contribution in [2.75, 3.05) is 4.90 Å². The summed E-state index contributed by atoms with van der Waals surface area (Å²) in [6, 6.07) is 51.1. The second kappa shape index (κ2) is 12.3. The van der Waals surface area contributed by atoms with Crippen LogP contribution in [-0.2, 0) is 21.7 Å². The van der Waals surface area contributed by atoms with E-state index < -0.39 is 0 Å². The molecule has 0 unspecified atom stereocenters. The Morgan fingerprint density at radius 3 is 1.45 bits per heavy atom. The molecule has 0 radical (unpaired) electrons. The number of anilines is 3. The van der Waals surface area contributed by atoms with E-state index in [9.17, 15) is 0 Å². The van der Waals surface area contributed by atoms with Crippen LogP contribution in [0.15, 0.2) is 133 Å². The second-order valence-electron chi connectivity index (χ2n) is 19.6. The molecule has 0 saturated heterocycles. The van der Waals surface area contributed by atoms with Crippen LogP contribution in [-0.4, -0.2) is 0 Å². The SMILES string of the molecule is Cc1ccccc1-c1cc2c(c3ccccc13)-c1cc3c(cc1C2(C)C)-c1ccc(N(c2ccc(C(C)(C)C)cc2)c2ccc(C(C)(C)C)cc2)cc1C3(C)C. The van der Waals surface area contributed by atoms with E-state index in [2.05, 4.69) is 215 Å². The smallest absolute Gasteiger partial charge is 0.0465 e. The average molecular weight is 730 g/mol. The summed E-state index contributed by atoms with van der Waals surface area (Å²) in [5.41, 5.74) is 21.1. The van der Waals surface area contributed by atoms with Gasteiger partial charge in [0.15, 0.2) is 0 Å². The molecule has 0 bridgehead atoms. The van der Waals surface area contributed by atoms with Crippen molar-refractivity contribution in [3.8, 4) is 33.4 Å². The number of benzene rings is 7. The molecule has 0 atom stereocenters. The number of aryl methyl sites for hydroxylation is 1. The predicted octanol–water partition coefficient (Wildman–Crippen LogP) is 15.5. The molecule has 7 aromatic rings. The van der Waals surface area contributed by atoms with Crippen LogP contribution < -0.4 is 4.90 Å². The van der Waals surface area contributed by atoms with Gasteiger partial charge >= 0.3 is 0 Å². The fourth-order valence-corrected chi connectivity index (χ4v) is 9.70. The topological polar surface area (TPSA) is 3.24 Å². The Kier molecular flexibility index (Phi) is 7.96. The van der Waals surface area contributed by atoms with E-state index in [0.717, 1.165) is 0 Å². The van der Waals surface area contributed by atoms with Gasteiger partial charge in [0, 0.05) is 27.9 Å². The van der Waals surface area contributed by atoms with Crippen LogP contribution in [0.4, 0.5) is 17.1 Å². The normalized spacial score (nSPS) is 15.0. The van der Waals surface area contributed by atoms with Gasteiger partial charge in [-0.25, -0.2) is 0 Å². The summed E-state index contributed by atoms with van der Waals surface area (Å²) < 4.78 is 0. The summed E-state index contributed by atoms with van der Waals surface area (Å²) in [5.74, 6) is 0. The Hall–Kier alpha value is -5.40. The van der Waals surface area contributed by atoms with Crippen molar-refractivity contribution in [1.29, 1.82) is 0 Å². The van der Waals surface area contributed by atoms with Gasteiger partial charge < -0.3 is 4.90 Å². The van der Waals surface area contributed by atoms with Gasteiger partial charge in [0.2, 0.25) is 0 Å². The molecule has 0 N–H and O–H groups in total. The van der Waals surface area contributed by atoms with E-state index in [1.165, 1.54) is 100 Å². The molecule has 1 heteroatoms. The van der Waals surface area contributed by atoms with E-state index >= 15 is 0 Å². The van der Waals surface area contributed by atoms with Crippen molar-refractivity contribution >= 4 is 27.8 Å². The summed E-state index contributed by atoms with van der Waals surface area (Å²) in [5, 5.41) is 2.67. The minimum atomic E-state index is -0.183. The maximum absolute atomic E-state index is 2.56. The molecule has 2 aliphatic carbocycles. The highest BCUT2D eigenvalue weighted by atomic mass is 15.1. The van der Waals surface area contributed by atoms with E-state index in [1.54, 1.807) is 0 Å². The summed E-state index contributed by atoms with van der Waals surface area (Å²) in [4.78, 5) is 2.44. The molecule has 7 aromatic carbocycles. The lowest BCUT2D eigenvalue weighted by molar-refractivity contribution is 0.590. The standard InChI is InChI=1S/C55H55N/c1-34-16-12-13-17-40(34)44-31-50-51(43-19-15-14-18-41(43)44)46-33-48-45(32-49(46)55(50,10)11)42-29-28-39(30-47(42)54(48,8)9)56(37-24-20-35(21-25-37)52(2,3)4)38-26-22-36(23-27-38)53(5,6)7/h12-33H,1-11H3. The molecule has 280 valence electrons. The lowest BCUT2D eigenvalue weighted by Gasteiger charge is -2.29. The maximum atomic E-state index is 2.56. The second-order valence-corrected chi connectivity index (χ2v) is 19.6. The van der Waals surface area contributed by atoms with Crippen molar-refractivity contribution in [3.63, 3.8) is 0 Å². The first-order valence-electron chi connectivity index (χ1n) is 20.4. The Morgan fingerprint density at radius 2 is 0.857 bits per heavy atom. The molecular weight excluding hydrogens is 675 g/mol. The highest BCUT2D eigenvalue weighted by molar-refractivity contribution is 6.10. The Balaban J connectivity index is 1.19. The van der Waals surface area contributed by atoms with Crippen molar-refractivity contribution < 1.29 is 0 Å². The van der Waals surface area contributed by atoms with Gasteiger partial charge in [-0.1, -0.05) is 148 Å². The van der Waals surface area contributed by atoms with Gasteiger partial charge in [-0.2, -0.15) is 0 Å². The van der Waals surface area contributed by atoms with Crippen LogP contribution >= 0.6 is 0 Å². The number of nitrogens with zero attached hydrogens (tertiary/aromatic N) is 1. The van der Waals surface area contributed by atoms with Crippen LogP contribution in [0.1, 0.15) is 108 Å². The van der Waals surface area contributed by atoms with Crippen molar-refractivity contribution in [3.05, 3.63) is 172 Å². The maximum Gasteiger partial charge on any atom is 0.0465 e. The van der Waals surface area contributed by atoms with Crippen LogP contribution in [0.3, 0.4) is 0 Å². The van der Waals surface area contributed by atoms with Gasteiger partial charge in [0.25, 0.3) is 0 Å². The first-order chi connectivity index (χ1) is 26.5. The molecule has 9 rings (SSSR count). The Labute approximate surface area is 335 Å². The van der Waals surface area contributed by atoms with Crippen LogP contribution in [0.2, 0.25) is 0 Å². The molecule has 0 fully saturated rings. The Bertz CT molecular complexity index is 2630. The van der Waals surface area contributed by atoms with Gasteiger partial charge in [0.1, 0.15) is 0 Å². The van der Waals surface area contributed by atoms with E-state index in [1.807, 2.05) is 0 Å². The zero-order valence-electron chi connectivity index (χ0n) is 35.1. The first-order valence-corrected chi connectivity index (χ1v) is 20.4. The quantitative estimate of drug-likeness (QED) is 0.174. The first kappa shape index (κ1) is 36.3. The zero-order valence-corrected chi connectivity index (χ0v) is 35.1. The molecule has 0 saturated carbocycles. The van der Waals surface area contributed by atoms with Crippen molar-refractivity contribution in [2.45, 2.75) is 97.8 Å². The van der Waals surface area contributed by atoms with Gasteiger partial charge in [-0.05, 0) is 155 Å². The largest absolute Gasteiger partial charge is 0.310 e. The molecule has 1 nitrogen and oxygen atoms in total. The van der Waals surface area contributed by atoms with Crippen LogP contribution in [0.5, 0.6) is 0 Å².